The van der Waals surface area contributed by atoms with Crippen molar-refractivity contribution in [3.8, 4) is 0 Å². The van der Waals surface area contributed by atoms with Gasteiger partial charge in [-0.25, -0.2) is 0 Å². The second-order valence-corrected chi connectivity index (χ2v) is 8.69. The molecular weight excluding hydrogens is 352 g/mol. The van der Waals surface area contributed by atoms with Crippen LogP contribution in [0, 0.1) is 0 Å². The summed E-state index contributed by atoms with van der Waals surface area (Å²) in [5.41, 5.74) is 1.55. The van der Waals surface area contributed by atoms with E-state index in [0.29, 0.717) is 11.8 Å². The second-order valence-electron chi connectivity index (χ2n) is 8.69. The van der Waals surface area contributed by atoms with Gasteiger partial charge < -0.3 is 13.9 Å². The number of hydrogen-bond donors (Lipinski definition) is 0. The molecule has 1 amide bonds. The van der Waals surface area contributed by atoms with Crippen LogP contribution in [-0.4, -0.2) is 70.5 Å². The molecule has 28 heavy (non-hydrogen) atoms. The van der Waals surface area contributed by atoms with Gasteiger partial charge in [0.15, 0.2) is 5.76 Å². The van der Waals surface area contributed by atoms with Gasteiger partial charge in [0, 0.05) is 63.2 Å². The number of piperazine rings is 1. The van der Waals surface area contributed by atoms with Crippen molar-refractivity contribution in [1.82, 2.24) is 19.3 Å². The fourth-order valence-electron chi connectivity index (χ4n) is 4.63. The summed E-state index contributed by atoms with van der Waals surface area (Å²) in [6.07, 6.45) is 8.06. The zero-order valence-electron chi connectivity index (χ0n) is 17.3. The van der Waals surface area contributed by atoms with Crippen molar-refractivity contribution in [2.24, 2.45) is 0 Å². The van der Waals surface area contributed by atoms with Crippen molar-refractivity contribution < 1.29 is 9.21 Å². The van der Waals surface area contributed by atoms with Crippen LogP contribution in [0.4, 0.5) is 0 Å². The van der Waals surface area contributed by atoms with Crippen LogP contribution in [0.2, 0.25) is 0 Å². The van der Waals surface area contributed by atoms with Gasteiger partial charge in [-0.1, -0.05) is 0 Å². The van der Waals surface area contributed by atoms with Crippen molar-refractivity contribution >= 4 is 5.91 Å². The van der Waals surface area contributed by atoms with Gasteiger partial charge in [0.25, 0.3) is 5.91 Å². The van der Waals surface area contributed by atoms with E-state index in [1.807, 2.05) is 4.90 Å². The summed E-state index contributed by atoms with van der Waals surface area (Å²) in [4.78, 5) is 19.6. The smallest absolute Gasteiger partial charge is 0.289 e. The number of nitrogens with zero attached hydrogens (tertiary/aromatic N) is 4. The van der Waals surface area contributed by atoms with Crippen LogP contribution in [-0.2, 0) is 6.54 Å². The highest BCUT2D eigenvalue weighted by atomic mass is 16.3. The molecule has 0 aromatic carbocycles. The molecule has 0 bridgehead atoms. The normalized spacial score (nSPS) is 20.9. The van der Waals surface area contributed by atoms with Crippen LogP contribution in [0.5, 0.6) is 0 Å². The van der Waals surface area contributed by atoms with E-state index in [1.54, 1.807) is 18.4 Å². The molecule has 2 saturated heterocycles. The molecule has 4 rings (SSSR count). The number of carbonyl (C=O) groups is 1. The average molecular weight is 385 g/mol. The highest BCUT2D eigenvalue weighted by Crippen LogP contribution is 2.32. The summed E-state index contributed by atoms with van der Waals surface area (Å²) in [7, 11) is 2.25. The van der Waals surface area contributed by atoms with Crippen molar-refractivity contribution in [1.29, 1.82) is 0 Å². The fourth-order valence-corrected chi connectivity index (χ4v) is 4.63. The van der Waals surface area contributed by atoms with Gasteiger partial charge in [0.1, 0.15) is 0 Å². The molecular formula is C22H32N4O2. The maximum Gasteiger partial charge on any atom is 0.289 e. The number of furan rings is 1. The number of amides is 1. The number of likely N-dealkylation sites (tertiary alicyclic amines) is 1. The summed E-state index contributed by atoms with van der Waals surface area (Å²) in [6, 6.07) is 6.28. The molecule has 6 heteroatoms. The third-order valence-electron chi connectivity index (χ3n) is 6.57. The molecule has 152 valence electrons. The van der Waals surface area contributed by atoms with Crippen LogP contribution in [0.1, 0.15) is 48.8 Å². The number of hydrogen-bond acceptors (Lipinski definition) is 4. The molecule has 0 aliphatic carbocycles. The molecule has 2 aliphatic heterocycles. The van der Waals surface area contributed by atoms with E-state index in [-0.39, 0.29) is 11.4 Å². The minimum atomic E-state index is 0.0187. The zero-order chi connectivity index (χ0) is 19.7. The van der Waals surface area contributed by atoms with Gasteiger partial charge in [-0.05, 0) is 57.5 Å². The van der Waals surface area contributed by atoms with Crippen molar-refractivity contribution in [3.63, 3.8) is 0 Å². The molecule has 1 spiro atoms. The van der Waals surface area contributed by atoms with Gasteiger partial charge in [0.05, 0.1) is 6.26 Å². The molecule has 0 N–H and O–H groups in total. The molecule has 2 aliphatic rings. The van der Waals surface area contributed by atoms with Crippen LogP contribution in [0.15, 0.2) is 41.3 Å². The topological polar surface area (TPSA) is 44.9 Å². The van der Waals surface area contributed by atoms with E-state index >= 15 is 0 Å². The Hall–Kier alpha value is -2.05. The molecule has 0 saturated carbocycles. The standard InChI is InChI=1S/C22H32N4O2/c1-18(2)26-9-6-19(16-26)15-24-13-12-23(3)22(17-24)7-10-25(11-8-22)21(27)20-5-4-14-28-20/h4-6,9,14,16,18H,7-8,10-13,15,17H2,1-3H3. The zero-order valence-corrected chi connectivity index (χ0v) is 17.3. The van der Waals surface area contributed by atoms with Crippen LogP contribution in [0.3, 0.4) is 0 Å². The molecule has 4 heterocycles. The van der Waals surface area contributed by atoms with Gasteiger partial charge in [-0.2, -0.15) is 0 Å². The first-order chi connectivity index (χ1) is 13.5. The number of piperidine rings is 1. The highest BCUT2D eigenvalue weighted by Gasteiger charge is 2.43. The van der Waals surface area contributed by atoms with Crippen molar-refractivity contribution in [2.75, 3.05) is 39.8 Å². The van der Waals surface area contributed by atoms with E-state index in [0.717, 1.165) is 52.1 Å². The Morgan fingerprint density at radius 3 is 2.61 bits per heavy atom. The largest absolute Gasteiger partial charge is 0.459 e. The fraction of sp³-hybridized carbons (Fsp3) is 0.591. The third-order valence-corrected chi connectivity index (χ3v) is 6.57. The first-order valence-corrected chi connectivity index (χ1v) is 10.4. The Morgan fingerprint density at radius 1 is 1.18 bits per heavy atom. The number of likely N-dealkylation sites (N-methyl/N-ethyl adjacent to an activating group) is 1. The molecule has 6 nitrogen and oxygen atoms in total. The minimum Gasteiger partial charge on any atom is -0.459 e. The minimum absolute atomic E-state index is 0.0187. The second kappa shape index (κ2) is 7.76. The van der Waals surface area contributed by atoms with Gasteiger partial charge in [-0.3, -0.25) is 14.6 Å². The Bertz CT molecular complexity index is 787. The number of rotatable bonds is 4. The lowest BCUT2D eigenvalue weighted by Gasteiger charge is -2.53. The predicted molar refractivity (Wildman–Crippen MR) is 109 cm³/mol. The maximum atomic E-state index is 12.6. The summed E-state index contributed by atoms with van der Waals surface area (Å²) in [5, 5.41) is 0. The molecule has 2 aromatic rings. The monoisotopic (exact) mass is 384 g/mol. The Morgan fingerprint density at radius 2 is 1.96 bits per heavy atom. The lowest BCUT2D eigenvalue weighted by molar-refractivity contribution is -0.0266. The first kappa shape index (κ1) is 19.3. The Kier molecular flexibility index (Phi) is 5.34. The van der Waals surface area contributed by atoms with E-state index in [9.17, 15) is 4.79 Å². The van der Waals surface area contributed by atoms with E-state index < -0.39 is 0 Å². The van der Waals surface area contributed by atoms with Crippen molar-refractivity contribution in [3.05, 3.63) is 48.2 Å². The Balaban J connectivity index is 1.39. The lowest BCUT2D eigenvalue weighted by Crippen LogP contribution is -2.64. The lowest BCUT2D eigenvalue weighted by atomic mass is 9.83. The highest BCUT2D eigenvalue weighted by molar-refractivity contribution is 5.91. The van der Waals surface area contributed by atoms with Crippen LogP contribution in [0.25, 0.3) is 0 Å². The number of carbonyl (C=O) groups excluding carboxylic acids is 1. The summed E-state index contributed by atoms with van der Waals surface area (Å²) < 4.78 is 7.57. The van der Waals surface area contributed by atoms with Gasteiger partial charge in [0.2, 0.25) is 0 Å². The van der Waals surface area contributed by atoms with E-state index in [1.165, 1.54) is 5.56 Å². The van der Waals surface area contributed by atoms with E-state index in [4.69, 9.17) is 4.42 Å². The summed E-state index contributed by atoms with van der Waals surface area (Å²) in [5.74, 6) is 0.467. The van der Waals surface area contributed by atoms with Gasteiger partial charge >= 0.3 is 0 Å². The van der Waals surface area contributed by atoms with Crippen molar-refractivity contribution in [2.45, 2.75) is 44.8 Å². The molecule has 0 unspecified atom stereocenters. The van der Waals surface area contributed by atoms with E-state index in [2.05, 4.69) is 53.7 Å². The number of aromatic nitrogens is 1. The predicted octanol–water partition coefficient (Wildman–Crippen LogP) is 3.08. The van der Waals surface area contributed by atoms with Crippen LogP contribution < -0.4 is 0 Å². The molecule has 2 fully saturated rings. The summed E-state index contributed by atoms with van der Waals surface area (Å²) in [6.45, 7) is 10.3. The summed E-state index contributed by atoms with van der Waals surface area (Å²) >= 11 is 0. The first-order valence-electron chi connectivity index (χ1n) is 10.4. The Labute approximate surface area is 167 Å². The average Bonchev–Trinajstić information content (AvgIpc) is 3.37. The van der Waals surface area contributed by atoms with Gasteiger partial charge in [-0.15, -0.1) is 0 Å². The molecule has 2 aromatic heterocycles. The maximum absolute atomic E-state index is 12.6. The van der Waals surface area contributed by atoms with Crippen LogP contribution >= 0.6 is 0 Å². The molecule has 0 atom stereocenters. The third kappa shape index (κ3) is 3.76. The SMILES string of the molecule is CC(C)n1ccc(CN2CCN(C)C3(CCN(C(=O)c4ccco4)CC3)C2)c1. The molecule has 0 radical (unpaired) electrons. The quantitative estimate of drug-likeness (QED) is 0.813.